The summed E-state index contributed by atoms with van der Waals surface area (Å²) in [6.45, 7) is 5.95. The number of carbonyl (C=O) groups is 3. The lowest BCUT2D eigenvalue weighted by Crippen LogP contribution is -2.30. The van der Waals surface area contributed by atoms with Gasteiger partial charge in [0, 0.05) is 18.3 Å². The number of amides is 2. The molecule has 4 nitrogen and oxygen atoms in total. The van der Waals surface area contributed by atoms with Crippen molar-refractivity contribution in [2.24, 2.45) is 11.8 Å². The molecule has 2 radical (unpaired) electrons. The van der Waals surface area contributed by atoms with Crippen LogP contribution in [0.15, 0.2) is 24.3 Å². The number of imide groups is 1. The van der Waals surface area contributed by atoms with Crippen LogP contribution in [0.1, 0.15) is 64.4 Å². The van der Waals surface area contributed by atoms with Gasteiger partial charge in [-0.1, -0.05) is 45.7 Å². The molecule has 132 valence electrons. The van der Waals surface area contributed by atoms with Gasteiger partial charge in [-0.25, -0.2) is 0 Å². The third kappa shape index (κ3) is 4.59. The lowest BCUT2D eigenvalue weighted by molar-refractivity contribution is -0.122. The zero-order chi connectivity index (χ0) is 18.6. The number of benzene rings is 1. The molecule has 1 aliphatic heterocycles. The Morgan fingerprint density at radius 3 is 2.44 bits per heavy atom. The van der Waals surface area contributed by atoms with Gasteiger partial charge in [-0.2, -0.15) is 0 Å². The first-order valence-electron chi connectivity index (χ1n) is 9.11. The summed E-state index contributed by atoms with van der Waals surface area (Å²) >= 11 is 0. The monoisotopic (exact) mass is 339 g/mol. The van der Waals surface area contributed by atoms with Gasteiger partial charge in [-0.15, -0.1) is 0 Å². The van der Waals surface area contributed by atoms with E-state index in [4.69, 9.17) is 7.85 Å². The summed E-state index contributed by atoms with van der Waals surface area (Å²) in [7, 11) is 5.33. The van der Waals surface area contributed by atoms with Gasteiger partial charge in [-0.05, 0) is 36.5 Å². The fourth-order valence-electron chi connectivity index (χ4n) is 3.38. The second-order valence-corrected chi connectivity index (χ2v) is 7.14. The Kier molecular flexibility index (Phi) is 6.57. The Bertz CT molecular complexity index is 641. The Morgan fingerprint density at radius 1 is 1.24 bits per heavy atom. The SMILES string of the molecule is [B]C(=O)C(C)CC(C)c1ccc(N2C(=O)CC(CCCC)C2=O)cc1. The van der Waals surface area contributed by atoms with Crippen molar-refractivity contribution in [2.75, 3.05) is 4.90 Å². The molecular formula is C20H26BNO3. The molecule has 1 fully saturated rings. The third-order valence-corrected chi connectivity index (χ3v) is 5.06. The van der Waals surface area contributed by atoms with Crippen LogP contribution >= 0.6 is 0 Å². The maximum Gasteiger partial charge on any atom is 0.237 e. The van der Waals surface area contributed by atoms with E-state index in [2.05, 4.69) is 6.92 Å². The van der Waals surface area contributed by atoms with Crippen LogP contribution in [-0.4, -0.2) is 25.3 Å². The van der Waals surface area contributed by atoms with Gasteiger partial charge in [-0.3, -0.25) is 14.5 Å². The minimum atomic E-state index is -0.296. The van der Waals surface area contributed by atoms with E-state index >= 15 is 0 Å². The summed E-state index contributed by atoms with van der Waals surface area (Å²) in [5.41, 5.74) is 1.40. The molecule has 0 bridgehead atoms. The highest BCUT2D eigenvalue weighted by Crippen LogP contribution is 2.31. The van der Waals surface area contributed by atoms with E-state index in [1.165, 1.54) is 4.90 Å². The topological polar surface area (TPSA) is 54.5 Å². The van der Waals surface area contributed by atoms with Crippen LogP contribution in [0.5, 0.6) is 0 Å². The molecule has 1 aliphatic rings. The fourth-order valence-corrected chi connectivity index (χ4v) is 3.38. The number of carbonyl (C=O) groups excluding carboxylic acids is 3. The molecule has 25 heavy (non-hydrogen) atoms. The zero-order valence-electron chi connectivity index (χ0n) is 15.3. The molecule has 1 aromatic rings. The molecule has 5 heteroatoms. The van der Waals surface area contributed by atoms with Crippen LogP contribution in [0.3, 0.4) is 0 Å². The Hall–Kier alpha value is -1.91. The number of rotatable bonds is 8. The van der Waals surface area contributed by atoms with Crippen molar-refractivity contribution >= 4 is 31.0 Å². The largest absolute Gasteiger partial charge is 0.312 e. The summed E-state index contributed by atoms with van der Waals surface area (Å²) in [5, 5.41) is 0. The van der Waals surface area contributed by atoms with E-state index in [-0.39, 0.29) is 35.3 Å². The molecule has 0 saturated carbocycles. The van der Waals surface area contributed by atoms with Gasteiger partial charge in [0.05, 0.1) is 11.4 Å². The quantitative estimate of drug-likeness (QED) is 0.537. The van der Waals surface area contributed by atoms with E-state index in [0.29, 0.717) is 18.5 Å². The average Bonchev–Trinajstić information content (AvgIpc) is 2.86. The molecule has 2 rings (SSSR count). The zero-order valence-corrected chi connectivity index (χ0v) is 15.3. The first-order valence-corrected chi connectivity index (χ1v) is 9.11. The standard InChI is InChI=1S/C20H26BNO3/c1-4-5-6-16-12-18(23)22(20(16)25)17-9-7-15(8-10-17)13(2)11-14(3)19(21)24/h7-10,13-14,16H,4-6,11-12H2,1-3H3. The van der Waals surface area contributed by atoms with E-state index in [1.807, 2.05) is 38.1 Å². The molecule has 0 spiro atoms. The molecule has 0 N–H and O–H groups in total. The normalized spacial score (nSPS) is 20.0. The van der Waals surface area contributed by atoms with Gasteiger partial charge in [0.2, 0.25) is 11.8 Å². The lowest BCUT2D eigenvalue weighted by Gasteiger charge is -2.18. The van der Waals surface area contributed by atoms with Crippen molar-refractivity contribution in [2.45, 2.75) is 58.8 Å². The molecule has 3 unspecified atom stereocenters. The molecular weight excluding hydrogens is 313 g/mol. The first kappa shape index (κ1) is 19.4. The van der Waals surface area contributed by atoms with Crippen LogP contribution in [0.4, 0.5) is 5.69 Å². The highest BCUT2D eigenvalue weighted by Gasteiger charge is 2.38. The molecule has 3 atom stereocenters. The van der Waals surface area contributed by atoms with Gasteiger partial charge >= 0.3 is 0 Å². The molecule has 2 amide bonds. The van der Waals surface area contributed by atoms with Crippen molar-refractivity contribution in [1.29, 1.82) is 0 Å². The highest BCUT2D eigenvalue weighted by atomic mass is 16.2. The second-order valence-electron chi connectivity index (χ2n) is 7.14. The van der Waals surface area contributed by atoms with Crippen LogP contribution in [0.2, 0.25) is 0 Å². The maximum atomic E-state index is 12.5. The predicted octanol–water partition coefficient (Wildman–Crippen LogP) is 3.58. The van der Waals surface area contributed by atoms with E-state index in [0.717, 1.165) is 24.8 Å². The van der Waals surface area contributed by atoms with Crippen molar-refractivity contribution in [3.05, 3.63) is 29.8 Å². The molecule has 0 aliphatic carbocycles. The number of hydrogen-bond donors (Lipinski definition) is 0. The minimum Gasteiger partial charge on any atom is -0.312 e. The molecule has 1 heterocycles. The number of anilines is 1. The second kappa shape index (κ2) is 8.46. The van der Waals surface area contributed by atoms with Crippen molar-refractivity contribution in [1.82, 2.24) is 0 Å². The highest BCUT2D eigenvalue weighted by molar-refractivity contribution is 6.58. The van der Waals surface area contributed by atoms with Crippen LogP contribution < -0.4 is 4.90 Å². The number of nitrogens with zero attached hydrogens (tertiary/aromatic N) is 1. The van der Waals surface area contributed by atoms with E-state index in [1.54, 1.807) is 0 Å². The van der Waals surface area contributed by atoms with E-state index < -0.39 is 0 Å². The summed E-state index contributed by atoms with van der Waals surface area (Å²) in [4.78, 5) is 37.3. The number of hydrogen-bond acceptors (Lipinski definition) is 3. The average molecular weight is 339 g/mol. The molecule has 1 saturated heterocycles. The van der Waals surface area contributed by atoms with Gasteiger partial charge in [0.15, 0.2) is 7.85 Å². The minimum absolute atomic E-state index is 0.0819. The van der Waals surface area contributed by atoms with Gasteiger partial charge in [0.25, 0.3) is 0 Å². The smallest absolute Gasteiger partial charge is 0.237 e. The Morgan fingerprint density at radius 2 is 1.88 bits per heavy atom. The van der Waals surface area contributed by atoms with Crippen molar-refractivity contribution in [3.8, 4) is 0 Å². The van der Waals surface area contributed by atoms with Gasteiger partial charge < -0.3 is 4.79 Å². The van der Waals surface area contributed by atoms with Crippen LogP contribution in [0.25, 0.3) is 0 Å². The molecule has 1 aromatic carbocycles. The van der Waals surface area contributed by atoms with Crippen molar-refractivity contribution < 1.29 is 14.4 Å². The third-order valence-electron chi connectivity index (χ3n) is 5.06. The van der Waals surface area contributed by atoms with Gasteiger partial charge in [0.1, 0.15) is 0 Å². The van der Waals surface area contributed by atoms with Crippen molar-refractivity contribution in [3.63, 3.8) is 0 Å². The summed E-state index contributed by atoms with van der Waals surface area (Å²) in [5.74, 6) is -0.382. The summed E-state index contributed by atoms with van der Waals surface area (Å²) in [6.07, 6.45) is 3.75. The molecule has 0 aromatic heterocycles. The Balaban J connectivity index is 2.08. The van der Waals surface area contributed by atoms with Crippen LogP contribution in [0, 0.1) is 11.8 Å². The summed E-state index contributed by atoms with van der Waals surface area (Å²) in [6, 6.07) is 7.48. The maximum absolute atomic E-state index is 12.5. The predicted molar refractivity (Wildman–Crippen MR) is 99.5 cm³/mol. The summed E-state index contributed by atoms with van der Waals surface area (Å²) < 4.78 is 0. The van der Waals surface area contributed by atoms with Crippen LogP contribution in [-0.2, 0) is 14.4 Å². The Labute approximate surface area is 151 Å². The fraction of sp³-hybridized carbons (Fsp3) is 0.550. The number of unbranched alkanes of at least 4 members (excludes halogenated alkanes) is 1. The van der Waals surface area contributed by atoms with E-state index in [9.17, 15) is 14.4 Å². The lowest BCUT2D eigenvalue weighted by atomic mass is 9.82. The first-order chi connectivity index (χ1) is 11.8.